The Morgan fingerprint density at radius 1 is 1.40 bits per heavy atom. The normalized spacial score (nSPS) is 17.5. The van der Waals surface area contributed by atoms with Gasteiger partial charge in [0.05, 0.1) is 12.8 Å². The number of benzene rings is 1. The lowest BCUT2D eigenvalue weighted by molar-refractivity contribution is 0.318. The van der Waals surface area contributed by atoms with Gasteiger partial charge in [-0.1, -0.05) is 25.6 Å². The second kappa shape index (κ2) is 6.85. The Kier molecular flexibility index (Phi) is 5.38. The van der Waals surface area contributed by atoms with E-state index in [1.165, 1.54) is 12.8 Å². The minimum absolute atomic E-state index is 0.376. The van der Waals surface area contributed by atoms with E-state index in [2.05, 4.69) is 35.1 Å². The summed E-state index contributed by atoms with van der Waals surface area (Å²) in [6, 6.07) is 5.90. The van der Waals surface area contributed by atoms with E-state index in [-0.39, 0.29) is 0 Å². The molecule has 0 radical (unpaired) electrons. The lowest BCUT2D eigenvalue weighted by atomic mass is 9.84. The SMILES string of the molecule is CCC1(CC)CN=C(Nc2cc(OC)ccc2Br)SC1. The van der Waals surface area contributed by atoms with Crippen molar-refractivity contribution in [2.75, 3.05) is 24.7 Å². The van der Waals surface area contributed by atoms with Crippen LogP contribution in [0, 0.1) is 5.41 Å². The lowest BCUT2D eigenvalue weighted by Crippen LogP contribution is -2.32. The smallest absolute Gasteiger partial charge is 0.161 e. The highest BCUT2D eigenvalue weighted by Crippen LogP contribution is 2.36. The van der Waals surface area contributed by atoms with E-state index < -0.39 is 0 Å². The molecule has 0 fully saturated rings. The Hall–Kier alpha value is -0.680. The second-order valence-electron chi connectivity index (χ2n) is 5.09. The molecule has 1 N–H and O–H groups in total. The van der Waals surface area contributed by atoms with Crippen molar-refractivity contribution in [2.24, 2.45) is 10.4 Å². The zero-order valence-electron chi connectivity index (χ0n) is 12.2. The predicted octanol–water partition coefficient (Wildman–Crippen LogP) is 4.78. The summed E-state index contributed by atoms with van der Waals surface area (Å²) in [5.41, 5.74) is 1.37. The van der Waals surface area contributed by atoms with Gasteiger partial charge in [0, 0.05) is 22.8 Å². The van der Waals surface area contributed by atoms with Crippen LogP contribution in [0.2, 0.25) is 0 Å². The van der Waals surface area contributed by atoms with Crippen molar-refractivity contribution in [2.45, 2.75) is 26.7 Å². The second-order valence-corrected chi connectivity index (χ2v) is 6.91. The Morgan fingerprint density at radius 3 is 2.70 bits per heavy atom. The molecule has 1 aliphatic rings. The van der Waals surface area contributed by atoms with Crippen molar-refractivity contribution in [1.82, 2.24) is 0 Å². The van der Waals surface area contributed by atoms with Crippen LogP contribution in [0.1, 0.15) is 26.7 Å². The monoisotopic (exact) mass is 356 g/mol. The maximum absolute atomic E-state index is 5.26. The standard InChI is InChI=1S/C15H21BrN2OS/c1-4-15(5-2)9-17-14(20-10-15)18-13-8-11(19-3)6-7-12(13)16/h6-8H,4-5,9-10H2,1-3H3,(H,17,18). The zero-order chi connectivity index (χ0) is 14.6. The first-order valence-corrected chi connectivity index (χ1v) is 8.68. The van der Waals surface area contributed by atoms with Crippen LogP contribution in [0.15, 0.2) is 27.7 Å². The molecule has 20 heavy (non-hydrogen) atoms. The number of aliphatic imine (C=N–C) groups is 1. The van der Waals surface area contributed by atoms with Gasteiger partial charge in [-0.25, -0.2) is 0 Å². The maximum Gasteiger partial charge on any atom is 0.161 e. The first-order chi connectivity index (χ1) is 9.62. The van der Waals surface area contributed by atoms with Gasteiger partial charge in [0.1, 0.15) is 5.75 Å². The minimum atomic E-state index is 0.376. The molecule has 2 rings (SSSR count). The molecule has 0 spiro atoms. The average molecular weight is 357 g/mol. The quantitative estimate of drug-likeness (QED) is 0.842. The highest BCUT2D eigenvalue weighted by molar-refractivity contribution is 9.10. The van der Waals surface area contributed by atoms with Crippen LogP contribution >= 0.6 is 27.7 Å². The zero-order valence-corrected chi connectivity index (χ0v) is 14.6. The highest BCUT2D eigenvalue weighted by atomic mass is 79.9. The van der Waals surface area contributed by atoms with Crippen LogP contribution in [-0.2, 0) is 0 Å². The van der Waals surface area contributed by atoms with Gasteiger partial charge in [-0.05, 0) is 46.3 Å². The molecule has 0 saturated heterocycles. The fraction of sp³-hybridized carbons (Fsp3) is 0.533. The summed E-state index contributed by atoms with van der Waals surface area (Å²) in [7, 11) is 1.68. The van der Waals surface area contributed by atoms with Gasteiger partial charge >= 0.3 is 0 Å². The summed E-state index contributed by atoms with van der Waals surface area (Å²) >= 11 is 5.37. The maximum atomic E-state index is 5.26. The van der Waals surface area contributed by atoms with Crippen LogP contribution in [0.25, 0.3) is 0 Å². The van der Waals surface area contributed by atoms with Crippen LogP contribution in [0.5, 0.6) is 5.75 Å². The Balaban J connectivity index is 2.10. The number of ether oxygens (including phenoxy) is 1. The van der Waals surface area contributed by atoms with Gasteiger partial charge in [-0.15, -0.1) is 0 Å². The van der Waals surface area contributed by atoms with E-state index in [0.717, 1.165) is 33.4 Å². The molecule has 5 heteroatoms. The van der Waals surface area contributed by atoms with Gasteiger partial charge < -0.3 is 10.1 Å². The van der Waals surface area contributed by atoms with E-state index in [9.17, 15) is 0 Å². The third-order valence-corrected chi connectivity index (χ3v) is 5.94. The van der Waals surface area contributed by atoms with E-state index in [1.807, 2.05) is 30.0 Å². The Labute approximate surface area is 133 Å². The number of methoxy groups -OCH3 is 1. The number of nitrogens with one attached hydrogen (secondary N) is 1. The molecule has 0 unspecified atom stereocenters. The number of rotatable bonds is 4. The molecule has 1 heterocycles. The van der Waals surface area contributed by atoms with E-state index >= 15 is 0 Å². The molecular weight excluding hydrogens is 336 g/mol. The van der Waals surface area contributed by atoms with Crippen molar-refractivity contribution in [3.63, 3.8) is 0 Å². The molecule has 1 aromatic carbocycles. The number of amidine groups is 1. The van der Waals surface area contributed by atoms with Crippen LogP contribution < -0.4 is 10.1 Å². The van der Waals surface area contributed by atoms with E-state index in [4.69, 9.17) is 9.73 Å². The summed E-state index contributed by atoms with van der Waals surface area (Å²) < 4.78 is 6.28. The van der Waals surface area contributed by atoms with Gasteiger partial charge in [0.2, 0.25) is 0 Å². The largest absolute Gasteiger partial charge is 0.497 e. The number of thioether (sulfide) groups is 1. The third-order valence-electron chi connectivity index (χ3n) is 3.99. The van der Waals surface area contributed by atoms with Gasteiger partial charge in [-0.3, -0.25) is 4.99 Å². The molecule has 3 nitrogen and oxygen atoms in total. The molecule has 1 aromatic rings. The Bertz CT molecular complexity index is 501. The fourth-order valence-corrected chi connectivity index (χ4v) is 3.77. The summed E-state index contributed by atoms with van der Waals surface area (Å²) in [6.45, 7) is 5.43. The van der Waals surface area contributed by atoms with E-state index in [0.29, 0.717) is 5.41 Å². The topological polar surface area (TPSA) is 33.6 Å². The molecule has 0 aliphatic carbocycles. The summed E-state index contributed by atoms with van der Waals surface area (Å²) in [4.78, 5) is 4.72. The number of hydrogen-bond acceptors (Lipinski definition) is 4. The van der Waals surface area contributed by atoms with Crippen molar-refractivity contribution < 1.29 is 4.74 Å². The molecule has 1 aliphatic heterocycles. The first kappa shape index (κ1) is 15.7. The lowest BCUT2D eigenvalue weighted by Gasteiger charge is -2.33. The Morgan fingerprint density at radius 2 is 2.15 bits per heavy atom. The molecule has 0 saturated carbocycles. The van der Waals surface area contributed by atoms with E-state index in [1.54, 1.807) is 7.11 Å². The van der Waals surface area contributed by atoms with Crippen molar-refractivity contribution in [3.05, 3.63) is 22.7 Å². The molecular formula is C15H21BrN2OS. The average Bonchev–Trinajstić information content (AvgIpc) is 2.50. The minimum Gasteiger partial charge on any atom is -0.497 e. The molecule has 0 atom stereocenters. The number of hydrogen-bond donors (Lipinski definition) is 1. The van der Waals surface area contributed by atoms with Crippen molar-refractivity contribution in [1.29, 1.82) is 0 Å². The molecule has 0 aromatic heterocycles. The molecule has 0 amide bonds. The summed E-state index contributed by atoms with van der Waals surface area (Å²) in [5.74, 6) is 1.97. The van der Waals surface area contributed by atoms with Crippen LogP contribution in [0.3, 0.4) is 0 Å². The van der Waals surface area contributed by atoms with Gasteiger partial charge in [0.25, 0.3) is 0 Å². The van der Waals surface area contributed by atoms with Crippen molar-refractivity contribution >= 4 is 38.5 Å². The highest BCUT2D eigenvalue weighted by Gasteiger charge is 2.30. The number of anilines is 1. The first-order valence-electron chi connectivity index (χ1n) is 6.90. The third kappa shape index (κ3) is 3.50. The molecule has 0 bridgehead atoms. The predicted molar refractivity (Wildman–Crippen MR) is 92.1 cm³/mol. The fourth-order valence-electron chi connectivity index (χ4n) is 2.15. The summed E-state index contributed by atoms with van der Waals surface area (Å²) in [5, 5.41) is 4.39. The number of halogens is 1. The summed E-state index contributed by atoms with van der Waals surface area (Å²) in [6.07, 6.45) is 2.38. The van der Waals surface area contributed by atoms with Gasteiger partial charge in [-0.2, -0.15) is 0 Å². The van der Waals surface area contributed by atoms with Gasteiger partial charge in [0.15, 0.2) is 5.17 Å². The molecule has 110 valence electrons. The number of nitrogens with zero attached hydrogens (tertiary/aromatic N) is 1. The van der Waals surface area contributed by atoms with Crippen LogP contribution in [0.4, 0.5) is 5.69 Å². The van der Waals surface area contributed by atoms with Crippen molar-refractivity contribution in [3.8, 4) is 5.75 Å². The van der Waals surface area contributed by atoms with Crippen LogP contribution in [-0.4, -0.2) is 24.6 Å².